The van der Waals surface area contributed by atoms with Gasteiger partial charge in [0.1, 0.15) is 10.8 Å². The van der Waals surface area contributed by atoms with E-state index >= 15 is 0 Å². The van der Waals surface area contributed by atoms with E-state index in [9.17, 15) is 14.0 Å². The van der Waals surface area contributed by atoms with Crippen LogP contribution in [0.25, 0.3) is 5.00 Å². The highest BCUT2D eigenvalue weighted by Gasteiger charge is 2.36. The molecule has 1 N–H and O–H groups in total. The second kappa shape index (κ2) is 10.7. The molecule has 8 heteroatoms. The van der Waals surface area contributed by atoms with Crippen LogP contribution in [0.15, 0.2) is 66.9 Å². The van der Waals surface area contributed by atoms with Crippen molar-refractivity contribution in [1.29, 1.82) is 0 Å². The van der Waals surface area contributed by atoms with Crippen LogP contribution in [-0.2, 0) is 35.3 Å². The molecule has 2 aliphatic rings. The number of hydrogen-bond donors (Lipinski definition) is 1. The second-order valence-corrected chi connectivity index (χ2v) is 11.1. The zero-order valence-electron chi connectivity index (χ0n) is 21.8. The number of benzene rings is 2. The van der Waals surface area contributed by atoms with Crippen molar-refractivity contribution in [1.82, 2.24) is 9.47 Å². The number of rotatable bonds is 5. The van der Waals surface area contributed by atoms with Crippen LogP contribution in [0, 0.1) is 5.82 Å². The van der Waals surface area contributed by atoms with Crippen LogP contribution in [0.4, 0.5) is 14.9 Å². The minimum atomic E-state index is -0.400. The fraction of sp³-hybridized carbons (Fsp3) is 0.290. The lowest BCUT2D eigenvalue weighted by atomic mass is 9.95. The Morgan fingerprint density at radius 1 is 1.03 bits per heavy atom. The number of fused-ring (bicyclic) bond motifs is 5. The maximum absolute atomic E-state index is 14.0. The van der Waals surface area contributed by atoms with E-state index in [2.05, 4.69) is 16.1 Å². The lowest BCUT2D eigenvalue weighted by Crippen LogP contribution is -2.38. The quantitative estimate of drug-likeness (QED) is 0.282. The van der Waals surface area contributed by atoms with E-state index < -0.39 is 6.04 Å². The van der Waals surface area contributed by atoms with Gasteiger partial charge in [0.05, 0.1) is 31.3 Å². The molecule has 0 saturated heterocycles. The summed E-state index contributed by atoms with van der Waals surface area (Å²) in [7, 11) is 0. The van der Waals surface area contributed by atoms with Gasteiger partial charge in [0.2, 0.25) is 0 Å². The van der Waals surface area contributed by atoms with Gasteiger partial charge in [0, 0.05) is 22.3 Å². The van der Waals surface area contributed by atoms with Crippen LogP contribution < -0.4 is 5.32 Å². The highest BCUT2D eigenvalue weighted by molar-refractivity contribution is 7.15. The number of aromatic nitrogens is 1. The fourth-order valence-electron chi connectivity index (χ4n) is 5.66. The van der Waals surface area contributed by atoms with Gasteiger partial charge in [0.25, 0.3) is 0 Å². The van der Waals surface area contributed by atoms with Crippen molar-refractivity contribution >= 4 is 29.0 Å². The van der Waals surface area contributed by atoms with Crippen molar-refractivity contribution in [3.05, 3.63) is 106 Å². The molecule has 0 bridgehead atoms. The second-order valence-electron chi connectivity index (χ2n) is 9.99. The molecule has 1 atom stereocenters. The van der Waals surface area contributed by atoms with E-state index in [1.165, 1.54) is 39.6 Å². The Labute approximate surface area is 231 Å². The molecular formula is C31H30FN3O3S. The third kappa shape index (κ3) is 4.96. The minimum absolute atomic E-state index is 0.184. The predicted octanol–water partition coefficient (Wildman–Crippen LogP) is 6.80. The van der Waals surface area contributed by atoms with Crippen molar-refractivity contribution < 1.29 is 18.7 Å². The standard InChI is InChI=1S/C31H30FN3O3S/c1-2-38-28(36)18-20-9-15-23(16-10-20)33-31(37)35-19-25-24-6-3-4-8-27(24)39-30(25)34-17-5-7-26(34)29(35)21-11-13-22(32)14-12-21/h5,7,9-17,29H,2-4,6,8,18-19H2,1H3,(H,33,37). The van der Waals surface area contributed by atoms with Gasteiger partial charge in [-0.15, -0.1) is 11.3 Å². The summed E-state index contributed by atoms with van der Waals surface area (Å²) in [5, 5.41) is 4.25. The lowest BCUT2D eigenvalue weighted by Gasteiger charge is -2.31. The summed E-state index contributed by atoms with van der Waals surface area (Å²) in [6.07, 6.45) is 6.70. The SMILES string of the molecule is CCOC(=O)Cc1ccc(NC(=O)N2Cc3c(sc4c3CCCC4)-n3cccc3C2c2ccc(F)cc2)cc1. The summed E-state index contributed by atoms with van der Waals surface area (Å²) in [5.41, 5.74) is 5.85. The number of hydrogen-bond acceptors (Lipinski definition) is 4. The minimum Gasteiger partial charge on any atom is -0.466 e. The highest BCUT2D eigenvalue weighted by atomic mass is 32.1. The summed E-state index contributed by atoms with van der Waals surface area (Å²) in [6, 6.07) is 17.1. The molecule has 200 valence electrons. The van der Waals surface area contributed by atoms with Crippen LogP contribution in [0.2, 0.25) is 0 Å². The molecule has 2 aromatic carbocycles. The first-order valence-electron chi connectivity index (χ1n) is 13.4. The molecule has 0 radical (unpaired) electrons. The molecule has 1 unspecified atom stereocenters. The van der Waals surface area contributed by atoms with E-state index in [-0.39, 0.29) is 24.2 Å². The Morgan fingerprint density at radius 3 is 2.56 bits per heavy atom. The molecule has 0 fully saturated rings. The first-order chi connectivity index (χ1) is 19.0. The Bertz CT molecular complexity index is 1510. The fourth-order valence-corrected chi connectivity index (χ4v) is 7.07. The van der Waals surface area contributed by atoms with Gasteiger partial charge in [-0.2, -0.15) is 0 Å². The van der Waals surface area contributed by atoms with E-state index in [0.717, 1.165) is 36.1 Å². The number of carbonyl (C=O) groups excluding carboxylic acids is 2. The first kappa shape index (κ1) is 25.4. The number of halogens is 1. The normalized spacial score (nSPS) is 16.1. The number of carbonyl (C=O) groups is 2. The monoisotopic (exact) mass is 543 g/mol. The molecule has 2 aromatic heterocycles. The molecule has 39 heavy (non-hydrogen) atoms. The molecule has 6 nitrogen and oxygen atoms in total. The highest BCUT2D eigenvalue weighted by Crippen LogP contribution is 2.44. The molecule has 6 rings (SSSR count). The molecule has 0 saturated carbocycles. The number of aryl methyl sites for hydroxylation is 1. The summed E-state index contributed by atoms with van der Waals surface area (Å²) in [4.78, 5) is 29.1. The molecule has 1 aliphatic carbocycles. The average Bonchev–Trinajstić information content (AvgIpc) is 3.52. The first-order valence-corrected chi connectivity index (χ1v) is 14.2. The van der Waals surface area contributed by atoms with Gasteiger partial charge < -0.3 is 19.5 Å². The van der Waals surface area contributed by atoms with Crippen LogP contribution >= 0.6 is 11.3 Å². The summed E-state index contributed by atoms with van der Waals surface area (Å²) in [5.74, 6) is -0.589. The van der Waals surface area contributed by atoms with Crippen LogP contribution in [0.1, 0.15) is 58.6 Å². The zero-order valence-corrected chi connectivity index (χ0v) is 22.6. The Hall–Kier alpha value is -3.91. The van der Waals surface area contributed by atoms with Gasteiger partial charge >= 0.3 is 12.0 Å². The van der Waals surface area contributed by atoms with Crippen molar-refractivity contribution in [3.63, 3.8) is 0 Å². The number of anilines is 1. The van der Waals surface area contributed by atoms with Gasteiger partial charge in [-0.3, -0.25) is 4.79 Å². The maximum Gasteiger partial charge on any atom is 0.322 e. The lowest BCUT2D eigenvalue weighted by molar-refractivity contribution is -0.142. The zero-order chi connectivity index (χ0) is 26.9. The number of ether oxygens (including phenoxy) is 1. The van der Waals surface area contributed by atoms with Crippen LogP contribution in [0.5, 0.6) is 0 Å². The predicted molar refractivity (Wildman–Crippen MR) is 150 cm³/mol. The molecule has 0 spiro atoms. The topological polar surface area (TPSA) is 63.6 Å². The van der Waals surface area contributed by atoms with E-state index in [1.54, 1.807) is 31.2 Å². The van der Waals surface area contributed by atoms with Crippen molar-refractivity contribution in [2.75, 3.05) is 11.9 Å². The Morgan fingerprint density at radius 2 is 1.79 bits per heavy atom. The number of nitrogens with zero attached hydrogens (tertiary/aromatic N) is 2. The van der Waals surface area contributed by atoms with Crippen molar-refractivity contribution in [3.8, 4) is 5.00 Å². The third-order valence-corrected chi connectivity index (χ3v) is 8.82. The Kier molecular flexibility index (Phi) is 6.95. The number of thiophene rings is 1. The smallest absolute Gasteiger partial charge is 0.322 e. The average molecular weight is 544 g/mol. The molecule has 3 heterocycles. The molecule has 1 aliphatic heterocycles. The van der Waals surface area contributed by atoms with E-state index in [0.29, 0.717) is 18.8 Å². The number of nitrogens with one attached hydrogen (secondary N) is 1. The number of esters is 1. The van der Waals surface area contributed by atoms with E-state index in [4.69, 9.17) is 4.74 Å². The van der Waals surface area contributed by atoms with Gasteiger partial charge in [-0.05, 0) is 85.7 Å². The summed E-state index contributed by atoms with van der Waals surface area (Å²) < 4.78 is 21.1. The molecular weight excluding hydrogens is 513 g/mol. The van der Waals surface area contributed by atoms with Crippen LogP contribution in [0.3, 0.4) is 0 Å². The largest absolute Gasteiger partial charge is 0.466 e. The number of amides is 2. The maximum atomic E-state index is 14.0. The van der Waals surface area contributed by atoms with Crippen molar-refractivity contribution in [2.24, 2.45) is 0 Å². The molecule has 2 amide bonds. The van der Waals surface area contributed by atoms with E-state index in [1.807, 2.05) is 40.5 Å². The molecule has 4 aromatic rings. The van der Waals surface area contributed by atoms with Gasteiger partial charge in [-0.25, -0.2) is 9.18 Å². The Balaban J connectivity index is 1.36. The van der Waals surface area contributed by atoms with Crippen molar-refractivity contribution in [2.45, 2.75) is 51.6 Å². The summed E-state index contributed by atoms with van der Waals surface area (Å²) in [6.45, 7) is 2.58. The van der Waals surface area contributed by atoms with Gasteiger partial charge in [-0.1, -0.05) is 24.3 Å². The van der Waals surface area contributed by atoms with Crippen LogP contribution in [-0.4, -0.2) is 28.1 Å². The summed E-state index contributed by atoms with van der Waals surface area (Å²) >= 11 is 1.83. The van der Waals surface area contributed by atoms with Gasteiger partial charge in [0.15, 0.2) is 0 Å². The third-order valence-electron chi connectivity index (χ3n) is 7.48. The number of urea groups is 1.